The van der Waals surface area contributed by atoms with E-state index in [-0.39, 0.29) is 11.5 Å². The number of nitrogens with zero attached hydrogens (tertiary/aromatic N) is 4. The van der Waals surface area contributed by atoms with Crippen molar-refractivity contribution in [2.75, 3.05) is 10.2 Å². The molecule has 1 aliphatic heterocycles. The van der Waals surface area contributed by atoms with Gasteiger partial charge in [0.25, 0.3) is 11.5 Å². The van der Waals surface area contributed by atoms with Crippen molar-refractivity contribution in [3.8, 4) is 11.1 Å². The minimum Gasteiger partial charge on any atom is -0.336 e. The Labute approximate surface area is 214 Å². The monoisotopic (exact) mass is 499 g/mol. The molecule has 184 valence electrons. The van der Waals surface area contributed by atoms with Gasteiger partial charge in [0.15, 0.2) is 0 Å². The molecule has 0 saturated heterocycles. The quantitative estimate of drug-likeness (QED) is 0.363. The fraction of sp³-hybridized carbons (Fsp3) is 0.286. The summed E-state index contributed by atoms with van der Waals surface area (Å²) >= 11 is 1.66. The molecule has 7 nitrogen and oxygen atoms in total. The zero-order valence-electron chi connectivity index (χ0n) is 20.9. The second kappa shape index (κ2) is 9.70. The van der Waals surface area contributed by atoms with Gasteiger partial charge in [0.1, 0.15) is 17.8 Å². The largest absolute Gasteiger partial charge is 0.336 e. The normalized spacial score (nSPS) is 14.3. The second-order valence-corrected chi connectivity index (χ2v) is 9.98. The summed E-state index contributed by atoms with van der Waals surface area (Å²) in [7, 11) is 1.73. The van der Waals surface area contributed by atoms with Crippen LogP contribution < -0.4 is 15.8 Å². The molecule has 1 aliphatic carbocycles. The fourth-order valence-electron chi connectivity index (χ4n) is 4.56. The molecule has 0 spiro atoms. The van der Waals surface area contributed by atoms with Crippen LogP contribution in [0.3, 0.4) is 0 Å². The number of aryl methyl sites for hydroxylation is 1. The maximum absolute atomic E-state index is 13.3. The van der Waals surface area contributed by atoms with Crippen LogP contribution in [0.4, 0.5) is 17.2 Å². The molecule has 1 aromatic carbocycles. The van der Waals surface area contributed by atoms with Crippen LogP contribution in [0.1, 0.15) is 58.3 Å². The van der Waals surface area contributed by atoms with Crippen LogP contribution in [0.25, 0.3) is 11.1 Å². The number of amides is 1. The first kappa shape index (κ1) is 23.9. The van der Waals surface area contributed by atoms with E-state index in [1.807, 2.05) is 56.1 Å². The molecule has 36 heavy (non-hydrogen) atoms. The highest BCUT2D eigenvalue weighted by Crippen LogP contribution is 2.47. The number of thiophene rings is 1. The number of hydrogen-bond donors (Lipinski definition) is 1. The molecule has 2 aliphatic rings. The molecular weight excluding hydrogens is 470 g/mol. The zero-order valence-corrected chi connectivity index (χ0v) is 21.7. The van der Waals surface area contributed by atoms with Crippen LogP contribution in [0.15, 0.2) is 59.9 Å². The van der Waals surface area contributed by atoms with E-state index in [0.29, 0.717) is 24.0 Å². The van der Waals surface area contributed by atoms with Crippen molar-refractivity contribution in [2.45, 2.75) is 46.1 Å². The SMILES string of the molecule is CC.Cc1c(-c2cc(Nc3ccncn3)c(=O)n(C)c2)cccc1N1Cc2cc(C3CC3)sc2C1=O. The smallest absolute Gasteiger partial charge is 0.274 e. The zero-order chi connectivity index (χ0) is 25.4. The molecule has 0 radical (unpaired) electrons. The molecule has 1 saturated carbocycles. The number of pyridine rings is 1. The summed E-state index contributed by atoms with van der Waals surface area (Å²) in [5.74, 6) is 1.30. The number of nitrogens with one attached hydrogen (secondary N) is 1. The van der Waals surface area contributed by atoms with Crippen LogP contribution in [0.5, 0.6) is 0 Å². The number of carbonyl (C=O) groups excluding carboxylic acids is 1. The number of rotatable bonds is 5. The van der Waals surface area contributed by atoms with E-state index < -0.39 is 0 Å². The van der Waals surface area contributed by atoms with E-state index in [1.165, 1.54) is 24.0 Å². The molecule has 1 amide bonds. The van der Waals surface area contributed by atoms with E-state index in [0.717, 1.165) is 32.8 Å². The maximum Gasteiger partial charge on any atom is 0.274 e. The Morgan fingerprint density at radius 3 is 2.61 bits per heavy atom. The van der Waals surface area contributed by atoms with Gasteiger partial charge in [-0.25, -0.2) is 9.97 Å². The summed E-state index contributed by atoms with van der Waals surface area (Å²) in [5, 5.41) is 3.10. The van der Waals surface area contributed by atoms with Crippen molar-refractivity contribution < 1.29 is 4.79 Å². The molecule has 3 aromatic heterocycles. The minimum atomic E-state index is -0.151. The molecule has 8 heteroatoms. The number of fused-ring (bicyclic) bond motifs is 1. The van der Waals surface area contributed by atoms with Crippen LogP contribution in [0, 0.1) is 6.92 Å². The van der Waals surface area contributed by atoms with Crippen molar-refractivity contribution in [2.24, 2.45) is 7.05 Å². The van der Waals surface area contributed by atoms with Crippen molar-refractivity contribution in [1.29, 1.82) is 0 Å². The Balaban J connectivity index is 0.00000130. The van der Waals surface area contributed by atoms with E-state index in [1.54, 1.807) is 35.2 Å². The third-order valence-electron chi connectivity index (χ3n) is 6.51. The van der Waals surface area contributed by atoms with Gasteiger partial charge in [-0.2, -0.15) is 0 Å². The number of anilines is 3. The number of hydrogen-bond acceptors (Lipinski definition) is 6. The molecular formula is C28H29N5O2S. The molecule has 4 aromatic rings. The van der Waals surface area contributed by atoms with Crippen molar-refractivity contribution in [3.05, 3.63) is 86.4 Å². The molecule has 4 heterocycles. The van der Waals surface area contributed by atoms with Crippen LogP contribution in [-0.2, 0) is 13.6 Å². The Morgan fingerprint density at radius 2 is 1.92 bits per heavy atom. The highest BCUT2D eigenvalue weighted by atomic mass is 32.1. The Hall–Kier alpha value is -3.78. The lowest BCUT2D eigenvalue weighted by Gasteiger charge is -2.21. The minimum absolute atomic E-state index is 0.0822. The highest BCUT2D eigenvalue weighted by molar-refractivity contribution is 7.14. The maximum atomic E-state index is 13.3. The molecule has 0 unspecified atom stereocenters. The average Bonchev–Trinajstić information content (AvgIpc) is 3.59. The lowest BCUT2D eigenvalue weighted by Crippen LogP contribution is -2.24. The molecule has 0 atom stereocenters. The summed E-state index contributed by atoms with van der Waals surface area (Å²) in [6.45, 7) is 6.64. The van der Waals surface area contributed by atoms with Crippen molar-refractivity contribution in [1.82, 2.24) is 14.5 Å². The third kappa shape index (κ3) is 4.33. The first-order valence-corrected chi connectivity index (χ1v) is 13.1. The standard InChI is InChI=1S/C26H23N5O2S.C2H6/c1-15-19(17-10-20(25(32)30(2)12-17)29-23-8-9-27-14-28-23)4-3-5-21(15)31-13-18-11-22(16-6-7-16)34-24(18)26(31)33;1-2/h3-5,8-12,14,16H,6-7,13H2,1-2H3,(H,27,28,29);1-2H3. The molecule has 1 N–H and O–H groups in total. The summed E-state index contributed by atoms with van der Waals surface area (Å²) in [6.07, 6.45) is 7.36. The Morgan fingerprint density at radius 1 is 1.11 bits per heavy atom. The number of benzene rings is 1. The van der Waals surface area contributed by atoms with E-state index in [9.17, 15) is 9.59 Å². The first-order valence-electron chi connectivity index (χ1n) is 12.3. The van der Waals surface area contributed by atoms with Crippen LogP contribution >= 0.6 is 11.3 Å². The number of carbonyl (C=O) groups is 1. The highest BCUT2D eigenvalue weighted by Gasteiger charge is 2.35. The van der Waals surface area contributed by atoms with Gasteiger partial charge in [0, 0.05) is 35.6 Å². The first-order chi connectivity index (χ1) is 17.5. The summed E-state index contributed by atoms with van der Waals surface area (Å²) in [6, 6.07) is 11.8. The van der Waals surface area contributed by atoms with E-state index >= 15 is 0 Å². The summed E-state index contributed by atoms with van der Waals surface area (Å²) in [5.41, 5.74) is 5.17. The van der Waals surface area contributed by atoms with Gasteiger partial charge >= 0.3 is 0 Å². The summed E-state index contributed by atoms with van der Waals surface area (Å²) in [4.78, 5) is 38.2. The summed E-state index contributed by atoms with van der Waals surface area (Å²) < 4.78 is 1.56. The van der Waals surface area contributed by atoms with Gasteiger partial charge in [-0.1, -0.05) is 26.0 Å². The Bertz CT molecular complexity index is 1490. The average molecular weight is 500 g/mol. The van der Waals surface area contributed by atoms with Gasteiger partial charge in [-0.15, -0.1) is 11.3 Å². The van der Waals surface area contributed by atoms with Gasteiger partial charge in [-0.3, -0.25) is 9.59 Å². The topological polar surface area (TPSA) is 80.1 Å². The second-order valence-electron chi connectivity index (χ2n) is 8.90. The van der Waals surface area contributed by atoms with Gasteiger partial charge in [0.2, 0.25) is 0 Å². The lowest BCUT2D eigenvalue weighted by molar-refractivity contribution is 0.1000. The van der Waals surface area contributed by atoms with Crippen LogP contribution in [0.2, 0.25) is 0 Å². The van der Waals surface area contributed by atoms with Gasteiger partial charge in [-0.05, 0) is 66.6 Å². The van der Waals surface area contributed by atoms with Crippen molar-refractivity contribution in [3.63, 3.8) is 0 Å². The predicted octanol–water partition coefficient (Wildman–Crippen LogP) is 6.02. The molecule has 6 rings (SSSR count). The van der Waals surface area contributed by atoms with Gasteiger partial charge < -0.3 is 14.8 Å². The molecule has 1 fully saturated rings. The van der Waals surface area contributed by atoms with Gasteiger partial charge in [0.05, 0.1) is 11.4 Å². The third-order valence-corrected chi connectivity index (χ3v) is 7.84. The number of aromatic nitrogens is 3. The van der Waals surface area contributed by atoms with Crippen molar-refractivity contribution >= 4 is 34.4 Å². The van der Waals surface area contributed by atoms with E-state index in [2.05, 4.69) is 21.4 Å². The Kier molecular flexibility index (Phi) is 6.45. The predicted molar refractivity (Wildman–Crippen MR) is 145 cm³/mol. The fourth-order valence-corrected chi connectivity index (χ4v) is 5.85. The van der Waals surface area contributed by atoms with Crippen LogP contribution in [-0.4, -0.2) is 20.4 Å². The lowest BCUT2D eigenvalue weighted by atomic mass is 9.99. The van der Waals surface area contributed by atoms with E-state index in [4.69, 9.17) is 0 Å². The molecule has 0 bridgehead atoms.